The summed E-state index contributed by atoms with van der Waals surface area (Å²) in [7, 11) is 2.13. The topological polar surface area (TPSA) is 29.3 Å². The highest BCUT2D eigenvalue weighted by Gasteiger charge is 2.08. The highest BCUT2D eigenvalue weighted by atomic mass is 79.9. The number of halogens is 1. The molecule has 2 N–H and O–H groups in total. The summed E-state index contributed by atoms with van der Waals surface area (Å²) in [6.07, 6.45) is 0. The summed E-state index contributed by atoms with van der Waals surface area (Å²) in [5.41, 5.74) is 12.0. The Morgan fingerprint density at radius 2 is 1.85 bits per heavy atom. The second-order valence-electron chi connectivity index (χ2n) is 5.28. The van der Waals surface area contributed by atoms with Crippen LogP contribution in [0, 0.1) is 13.8 Å². The van der Waals surface area contributed by atoms with E-state index in [-0.39, 0.29) is 0 Å². The quantitative estimate of drug-likeness (QED) is 0.910. The third-order valence-corrected chi connectivity index (χ3v) is 4.26. The first-order valence-electron chi connectivity index (χ1n) is 6.77. The van der Waals surface area contributed by atoms with Gasteiger partial charge in [-0.3, -0.25) is 0 Å². The molecule has 0 atom stereocenters. The molecule has 0 amide bonds. The minimum absolute atomic E-state index is 0.575. The van der Waals surface area contributed by atoms with E-state index in [0.29, 0.717) is 6.54 Å². The second-order valence-corrected chi connectivity index (χ2v) is 6.13. The van der Waals surface area contributed by atoms with Crippen LogP contribution < -0.4 is 10.6 Å². The maximum Gasteiger partial charge on any atom is 0.0437 e. The van der Waals surface area contributed by atoms with Gasteiger partial charge in [0.15, 0.2) is 0 Å². The summed E-state index contributed by atoms with van der Waals surface area (Å²) in [6, 6.07) is 12.9. The van der Waals surface area contributed by atoms with Crippen LogP contribution in [-0.2, 0) is 13.1 Å². The molecule has 20 heavy (non-hydrogen) atoms. The fraction of sp³-hybridized carbons (Fsp3) is 0.294. The number of aryl methyl sites for hydroxylation is 2. The van der Waals surface area contributed by atoms with Crippen LogP contribution in [0.3, 0.4) is 0 Å². The van der Waals surface area contributed by atoms with Gasteiger partial charge in [-0.25, -0.2) is 0 Å². The lowest BCUT2D eigenvalue weighted by molar-refractivity contribution is 0.909. The third kappa shape index (κ3) is 3.41. The minimum atomic E-state index is 0.575. The summed E-state index contributed by atoms with van der Waals surface area (Å²) in [6.45, 7) is 5.73. The Morgan fingerprint density at radius 1 is 1.10 bits per heavy atom. The van der Waals surface area contributed by atoms with Crippen LogP contribution in [0.1, 0.15) is 22.3 Å². The molecule has 0 unspecified atom stereocenters. The summed E-state index contributed by atoms with van der Waals surface area (Å²) in [5, 5.41) is 0. The van der Waals surface area contributed by atoms with Crippen molar-refractivity contribution in [1.82, 2.24) is 0 Å². The van der Waals surface area contributed by atoms with Crippen molar-refractivity contribution in [1.29, 1.82) is 0 Å². The summed E-state index contributed by atoms with van der Waals surface area (Å²) in [4.78, 5) is 2.27. The molecule has 2 aromatic carbocycles. The van der Waals surface area contributed by atoms with E-state index in [1.165, 1.54) is 22.4 Å². The van der Waals surface area contributed by atoms with Gasteiger partial charge in [0.1, 0.15) is 0 Å². The Bertz CT molecular complexity index is 608. The van der Waals surface area contributed by atoms with Gasteiger partial charge in [-0.1, -0.05) is 45.8 Å². The van der Waals surface area contributed by atoms with Crippen LogP contribution in [0.5, 0.6) is 0 Å². The first-order valence-corrected chi connectivity index (χ1v) is 7.56. The molecule has 2 nitrogen and oxygen atoms in total. The van der Waals surface area contributed by atoms with E-state index in [9.17, 15) is 0 Å². The zero-order chi connectivity index (χ0) is 14.7. The maximum absolute atomic E-state index is 5.66. The molecule has 0 saturated heterocycles. The van der Waals surface area contributed by atoms with Crippen LogP contribution in [0.25, 0.3) is 0 Å². The molecule has 0 aliphatic rings. The van der Waals surface area contributed by atoms with E-state index in [1.54, 1.807) is 0 Å². The van der Waals surface area contributed by atoms with E-state index in [0.717, 1.165) is 16.6 Å². The number of anilines is 1. The van der Waals surface area contributed by atoms with Gasteiger partial charge in [0, 0.05) is 30.3 Å². The average molecular weight is 333 g/mol. The number of benzene rings is 2. The lowest BCUT2D eigenvalue weighted by Crippen LogP contribution is -2.17. The summed E-state index contributed by atoms with van der Waals surface area (Å²) in [5.74, 6) is 0. The Balaban J connectivity index is 2.21. The molecule has 3 heteroatoms. The van der Waals surface area contributed by atoms with Gasteiger partial charge < -0.3 is 10.6 Å². The second kappa shape index (κ2) is 6.42. The van der Waals surface area contributed by atoms with E-state index >= 15 is 0 Å². The molecule has 0 bridgehead atoms. The number of nitrogens with two attached hydrogens (primary N) is 1. The Labute approximate surface area is 129 Å². The fourth-order valence-electron chi connectivity index (χ4n) is 2.42. The van der Waals surface area contributed by atoms with Crippen LogP contribution in [0.4, 0.5) is 5.69 Å². The highest BCUT2D eigenvalue weighted by Crippen LogP contribution is 2.25. The Kier molecular flexibility index (Phi) is 4.84. The van der Waals surface area contributed by atoms with Crippen molar-refractivity contribution in [2.24, 2.45) is 5.73 Å². The van der Waals surface area contributed by atoms with Crippen LogP contribution in [0.15, 0.2) is 40.9 Å². The summed E-state index contributed by atoms with van der Waals surface area (Å²) < 4.78 is 1.12. The normalized spacial score (nSPS) is 10.7. The van der Waals surface area contributed by atoms with Crippen molar-refractivity contribution in [3.63, 3.8) is 0 Å². The zero-order valence-corrected chi connectivity index (χ0v) is 13.9. The van der Waals surface area contributed by atoms with Crippen molar-refractivity contribution < 1.29 is 0 Å². The number of nitrogens with zero attached hydrogens (tertiary/aromatic N) is 1. The molecular formula is C17H21BrN2. The van der Waals surface area contributed by atoms with Gasteiger partial charge in [-0.05, 0) is 42.7 Å². The van der Waals surface area contributed by atoms with Gasteiger partial charge in [-0.2, -0.15) is 0 Å². The molecule has 0 fully saturated rings. The Hall–Kier alpha value is -1.32. The van der Waals surface area contributed by atoms with E-state index in [4.69, 9.17) is 5.73 Å². The molecule has 0 heterocycles. The van der Waals surface area contributed by atoms with Gasteiger partial charge >= 0.3 is 0 Å². The molecule has 2 rings (SSSR count). The van der Waals surface area contributed by atoms with Gasteiger partial charge in [0.2, 0.25) is 0 Å². The number of rotatable bonds is 4. The maximum atomic E-state index is 5.66. The molecule has 0 spiro atoms. The molecule has 0 aliphatic carbocycles. The van der Waals surface area contributed by atoms with Crippen LogP contribution in [-0.4, -0.2) is 7.05 Å². The predicted octanol–water partition coefficient (Wildman–Crippen LogP) is 4.16. The molecular weight excluding hydrogens is 312 g/mol. The first-order chi connectivity index (χ1) is 9.51. The molecule has 0 aromatic heterocycles. The van der Waals surface area contributed by atoms with E-state index in [2.05, 4.69) is 78.1 Å². The molecule has 0 radical (unpaired) electrons. The molecule has 0 aliphatic heterocycles. The van der Waals surface area contributed by atoms with Crippen molar-refractivity contribution in [2.75, 3.05) is 11.9 Å². The number of hydrogen-bond acceptors (Lipinski definition) is 2. The molecule has 106 valence electrons. The fourth-order valence-corrected chi connectivity index (χ4v) is 2.97. The monoisotopic (exact) mass is 332 g/mol. The van der Waals surface area contributed by atoms with Crippen molar-refractivity contribution in [2.45, 2.75) is 26.9 Å². The lowest BCUT2D eigenvalue weighted by atomic mass is 10.1. The van der Waals surface area contributed by atoms with E-state index in [1.807, 2.05) is 0 Å². The standard InChI is InChI=1S/C17H21BrN2/c1-12-4-7-17(13(2)8-12)20(3)11-15-6-5-14(10-19)9-16(15)18/h4-9H,10-11,19H2,1-3H3. The van der Waals surface area contributed by atoms with Crippen molar-refractivity contribution in [3.05, 3.63) is 63.1 Å². The van der Waals surface area contributed by atoms with Crippen molar-refractivity contribution in [3.8, 4) is 0 Å². The van der Waals surface area contributed by atoms with Gasteiger partial charge in [0.25, 0.3) is 0 Å². The lowest BCUT2D eigenvalue weighted by Gasteiger charge is -2.22. The minimum Gasteiger partial charge on any atom is -0.370 e. The average Bonchev–Trinajstić information content (AvgIpc) is 2.40. The molecule has 0 saturated carbocycles. The highest BCUT2D eigenvalue weighted by molar-refractivity contribution is 9.10. The Morgan fingerprint density at radius 3 is 2.45 bits per heavy atom. The van der Waals surface area contributed by atoms with Gasteiger partial charge in [0.05, 0.1) is 0 Å². The largest absolute Gasteiger partial charge is 0.370 e. The SMILES string of the molecule is Cc1ccc(N(C)Cc2ccc(CN)cc2Br)c(C)c1. The van der Waals surface area contributed by atoms with Crippen LogP contribution in [0.2, 0.25) is 0 Å². The van der Waals surface area contributed by atoms with Crippen molar-refractivity contribution >= 4 is 21.6 Å². The van der Waals surface area contributed by atoms with Crippen LogP contribution >= 0.6 is 15.9 Å². The summed E-state index contributed by atoms with van der Waals surface area (Å²) >= 11 is 3.64. The smallest absolute Gasteiger partial charge is 0.0437 e. The molecule has 2 aromatic rings. The van der Waals surface area contributed by atoms with E-state index < -0.39 is 0 Å². The van der Waals surface area contributed by atoms with Gasteiger partial charge in [-0.15, -0.1) is 0 Å². The number of hydrogen-bond donors (Lipinski definition) is 1. The predicted molar refractivity (Wildman–Crippen MR) is 90.1 cm³/mol. The zero-order valence-electron chi connectivity index (χ0n) is 12.3. The first kappa shape index (κ1) is 15.1. The third-order valence-electron chi connectivity index (χ3n) is 3.52.